The fourth-order valence-electron chi connectivity index (χ4n) is 2.25. The Bertz CT molecular complexity index is 838. The third-order valence-electron chi connectivity index (χ3n) is 3.86. The lowest BCUT2D eigenvalue weighted by Crippen LogP contribution is -2.24. The number of nitrogens with one attached hydrogen (secondary N) is 1. The fourth-order valence-corrected chi connectivity index (χ4v) is 2.93. The summed E-state index contributed by atoms with van der Waals surface area (Å²) in [5.41, 5.74) is 1.71. The van der Waals surface area contributed by atoms with E-state index in [-0.39, 0.29) is 11.1 Å². The molecule has 0 saturated carbocycles. The number of nitrogens with zero attached hydrogens (tertiary/aromatic N) is 2. The smallest absolute Gasteiger partial charge is 0.297 e. The summed E-state index contributed by atoms with van der Waals surface area (Å²) >= 11 is 0.900. The van der Waals surface area contributed by atoms with Crippen LogP contribution in [0.1, 0.15) is 17.0 Å². The maximum absolute atomic E-state index is 11.5. The molecule has 2 heterocycles. The molecule has 3 rings (SSSR count). The molecule has 0 atom stereocenters. The highest BCUT2D eigenvalue weighted by Gasteiger charge is 2.24. The maximum Gasteiger partial charge on any atom is 0.297 e. The molecule has 1 N–H and O–H groups in total. The maximum atomic E-state index is 11.5. The molecule has 136 valence electrons. The van der Waals surface area contributed by atoms with E-state index in [9.17, 15) is 9.59 Å². The topological polar surface area (TPSA) is 84.7 Å². The van der Waals surface area contributed by atoms with Crippen molar-refractivity contribution in [3.63, 3.8) is 0 Å². The van der Waals surface area contributed by atoms with E-state index in [2.05, 4.69) is 10.3 Å². The first-order valence-electron chi connectivity index (χ1n) is 8.05. The number of rotatable bonds is 6. The number of thioether (sulfide) groups is 1. The molecule has 26 heavy (non-hydrogen) atoms. The quantitative estimate of drug-likeness (QED) is 0.779. The number of carbonyl (C=O) groups excluding carboxylic acids is 2. The Hall–Kier alpha value is -2.74. The van der Waals surface area contributed by atoms with Gasteiger partial charge >= 0.3 is 0 Å². The minimum Gasteiger partial charge on any atom is -0.492 e. The lowest BCUT2D eigenvalue weighted by molar-refractivity contribution is -0.115. The number of anilines is 1. The zero-order valence-electron chi connectivity index (χ0n) is 14.7. The highest BCUT2D eigenvalue weighted by atomic mass is 32.2. The van der Waals surface area contributed by atoms with E-state index in [1.54, 1.807) is 6.08 Å². The Kier molecular flexibility index (Phi) is 5.32. The molecule has 0 bridgehead atoms. The largest absolute Gasteiger partial charge is 0.492 e. The van der Waals surface area contributed by atoms with Gasteiger partial charge in [-0.1, -0.05) is 12.1 Å². The molecule has 0 unspecified atom stereocenters. The Morgan fingerprint density at radius 3 is 2.58 bits per heavy atom. The number of carbonyl (C=O) groups is 2. The number of benzene rings is 1. The van der Waals surface area contributed by atoms with E-state index in [1.165, 1.54) is 0 Å². The third-order valence-corrected chi connectivity index (χ3v) is 4.67. The van der Waals surface area contributed by atoms with Gasteiger partial charge in [-0.15, -0.1) is 0 Å². The van der Waals surface area contributed by atoms with Gasteiger partial charge in [-0.2, -0.15) is 4.98 Å². The van der Waals surface area contributed by atoms with Crippen LogP contribution in [-0.4, -0.2) is 36.3 Å². The molecule has 7 nitrogen and oxygen atoms in total. The molecule has 1 saturated heterocycles. The zero-order chi connectivity index (χ0) is 18.7. The number of likely N-dealkylation sites (N-methyl/N-ethyl adjacent to an activating group) is 1. The number of amides is 2. The summed E-state index contributed by atoms with van der Waals surface area (Å²) in [7, 11) is 1.90. The van der Waals surface area contributed by atoms with E-state index >= 15 is 0 Å². The highest BCUT2D eigenvalue weighted by molar-refractivity contribution is 8.18. The van der Waals surface area contributed by atoms with Crippen molar-refractivity contribution in [2.45, 2.75) is 13.8 Å². The monoisotopic (exact) mass is 373 g/mol. The fraction of sp³-hybridized carbons (Fsp3) is 0.278. The standard InChI is InChI=1S/C18H19N3O4S/c1-11-12(2)25-17(19-11)21(3)8-9-24-14-6-4-13(5-7-14)10-15-16(22)20-18(23)26-15/h4-7,10H,8-9H2,1-3H3,(H,20,22,23)/b15-10-. The molecule has 0 radical (unpaired) electrons. The predicted molar refractivity (Wildman–Crippen MR) is 100 cm³/mol. The molecule has 2 aromatic rings. The van der Waals surface area contributed by atoms with Crippen LogP contribution in [0.4, 0.5) is 10.8 Å². The van der Waals surface area contributed by atoms with E-state index in [0.717, 1.165) is 34.5 Å². The van der Waals surface area contributed by atoms with Crippen molar-refractivity contribution in [1.29, 1.82) is 0 Å². The summed E-state index contributed by atoms with van der Waals surface area (Å²) in [6, 6.07) is 7.90. The predicted octanol–water partition coefficient (Wildman–Crippen LogP) is 3.13. The van der Waals surface area contributed by atoms with Crippen LogP contribution >= 0.6 is 11.8 Å². The van der Waals surface area contributed by atoms with Gasteiger partial charge in [0.05, 0.1) is 17.1 Å². The van der Waals surface area contributed by atoms with Crippen LogP contribution in [0, 0.1) is 13.8 Å². The average Bonchev–Trinajstić information content (AvgIpc) is 3.10. The van der Waals surface area contributed by atoms with Crippen molar-refractivity contribution in [2.75, 3.05) is 25.1 Å². The van der Waals surface area contributed by atoms with Crippen molar-refractivity contribution in [1.82, 2.24) is 10.3 Å². The Morgan fingerprint density at radius 2 is 2.00 bits per heavy atom. The molecule has 8 heteroatoms. The van der Waals surface area contributed by atoms with Gasteiger partial charge in [0.2, 0.25) is 0 Å². The van der Waals surface area contributed by atoms with Gasteiger partial charge in [0, 0.05) is 7.05 Å². The molecule has 1 fully saturated rings. The van der Waals surface area contributed by atoms with Crippen LogP contribution < -0.4 is 15.0 Å². The average molecular weight is 373 g/mol. The van der Waals surface area contributed by atoms with Crippen molar-refractivity contribution < 1.29 is 18.7 Å². The van der Waals surface area contributed by atoms with Gasteiger partial charge in [-0.3, -0.25) is 14.9 Å². The van der Waals surface area contributed by atoms with Crippen LogP contribution in [-0.2, 0) is 4.79 Å². The number of hydrogen-bond acceptors (Lipinski definition) is 7. The zero-order valence-corrected chi connectivity index (χ0v) is 15.6. The van der Waals surface area contributed by atoms with Crippen LogP contribution in [0.3, 0.4) is 0 Å². The summed E-state index contributed by atoms with van der Waals surface area (Å²) in [4.78, 5) is 29.3. The summed E-state index contributed by atoms with van der Waals surface area (Å²) in [6.45, 7) is 4.90. The van der Waals surface area contributed by atoms with Crippen LogP contribution in [0.5, 0.6) is 5.75 Å². The second-order valence-corrected chi connectivity index (χ2v) is 6.84. The number of ether oxygens (including phenoxy) is 1. The Labute approximate surface area is 155 Å². The first-order chi connectivity index (χ1) is 12.4. The Morgan fingerprint density at radius 1 is 1.27 bits per heavy atom. The van der Waals surface area contributed by atoms with Crippen molar-refractivity contribution in [3.8, 4) is 5.75 Å². The molecular weight excluding hydrogens is 354 g/mol. The van der Waals surface area contributed by atoms with E-state index in [1.807, 2.05) is 50.1 Å². The molecule has 1 aromatic carbocycles. The van der Waals surface area contributed by atoms with E-state index in [0.29, 0.717) is 24.1 Å². The molecular formula is C18H19N3O4S. The van der Waals surface area contributed by atoms with Crippen LogP contribution in [0.25, 0.3) is 6.08 Å². The van der Waals surface area contributed by atoms with Gasteiger partial charge in [-0.25, -0.2) is 0 Å². The van der Waals surface area contributed by atoms with Gasteiger partial charge < -0.3 is 14.1 Å². The SMILES string of the molecule is Cc1nc(N(C)CCOc2ccc(/C=C3\SC(=O)NC3=O)cc2)oc1C. The van der Waals surface area contributed by atoms with E-state index < -0.39 is 0 Å². The minimum absolute atomic E-state index is 0.346. The minimum atomic E-state index is -0.361. The summed E-state index contributed by atoms with van der Waals surface area (Å²) in [5, 5.41) is 1.88. The number of hydrogen-bond donors (Lipinski definition) is 1. The summed E-state index contributed by atoms with van der Waals surface area (Å²) in [6.07, 6.45) is 1.68. The molecule has 0 spiro atoms. The second-order valence-electron chi connectivity index (χ2n) is 5.83. The second kappa shape index (κ2) is 7.65. The Balaban J connectivity index is 1.52. The van der Waals surface area contributed by atoms with Crippen molar-refractivity contribution in [3.05, 3.63) is 46.2 Å². The van der Waals surface area contributed by atoms with E-state index in [4.69, 9.17) is 9.15 Å². The van der Waals surface area contributed by atoms with Crippen LogP contribution in [0.15, 0.2) is 33.6 Å². The van der Waals surface area contributed by atoms with Crippen molar-refractivity contribution in [2.24, 2.45) is 0 Å². The number of imide groups is 1. The van der Waals surface area contributed by atoms with Crippen LogP contribution in [0.2, 0.25) is 0 Å². The van der Waals surface area contributed by atoms with Crippen molar-refractivity contribution >= 4 is 35.0 Å². The first kappa shape index (κ1) is 18.1. The lowest BCUT2D eigenvalue weighted by atomic mass is 10.2. The lowest BCUT2D eigenvalue weighted by Gasteiger charge is -2.15. The number of oxazole rings is 1. The first-order valence-corrected chi connectivity index (χ1v) is 8.87. The normalized spacial score (nSPS) is 15.4. The molecule has 2 amide bonds. The third kappa shape index (κ3) is 4.26. The molecule has 1 aromatic heterocycles. The molecule has 0 aliphatic carbocycles. The number of aryl methyl sites for hydroxylation is 2. The summed E-state index contributed by atoms with van der Waals surface area (Å²) < 4.78 is 11.3. The summed E-state index contributed by atoms with van der Waals surface area (Å²) in [5.74, 6) is 1.17. The number of aromatic nitrogens is 1. The van der Waals surface area contributed by atoms with Gasteiger partial charge in [0.15, 0.2) is 0 Å². The van der Waals surface area contributed by atoms with Gasteiger partial charge in [-0.05, 0) is 49.4 Å². The van der Waals surface area contributed by atoms with Gasteiger partial charge in [0.25, 0.3) is 17.2 Å². The molecule has 1 aliphatic heterocycles. The molecule has 1 aliphatic rings. The van der Waals surface area contributed by atoms with Gasteiger partial charge in [0.1, 0.15) is 18.1 Å². The highest BCUT2D eigenvalue weighted by Crippen LogP contribution is 2.26.